The largest absolute Gasteiger partial charge is 0.505 e. The molecule has 4 heteroatoms. The van der Waals surface area contributed by atoms with Gasteiger partial charge in [-0.25, -0.2) is 8.78 Å². The van der Waals surface area contributed by atoms with E-state index in [1.165, 1.54) is 69.6 Å². The number of unbranched alkanes of at least 4 members (excludes halogenated alkanes) is 9. The van der Waals surface area contributed by atoms with Crippen LogP contribution in [0.5, 0.6) is 5.75 Å². The number of hydrogen-bond donors (Lipinski definition) is 2. The van der Waals surface area contributed by atoms with E-state index in [0.717, 1.165) is 43.2 Å². The van der Waals surface area contributed by atoms with E-state index in [1.807, 2.05) is 0 Å². The molecule has 2 rings (SSSR count). The summed E-state index contributed by atoms with van der Waals surface area (Å²) in [4.78, 5) is 0. The number of phenolic OH excluding ortho intramolecular Hbond substituents is 1. The third-order valence-electron chi connectivity index (χ3n) is 5.45. The first-order valence-corrected chi connectivity index (χ1v) is 11.0. The molecule has 1 aliphatic rings. The molecular weight excluding hydrogens is 370 g/mol. The van der Waals surface area contributed by atoms with Gasteiger partial charge in [0.1, 0.15) is 0 Å². The molecule has 2 N–H and O–H groups in total. The summed E-state index contributed by atoms with van der Waals surface area (Å²) in [5.74, 6) is -1.60. The number of aryl methyl sites for hydroxylation is 1. The molecule has 0 atom stereocenters. The highest BCUT2D eigenvalue weighted by atomic mass is 19.1. The van der Waals surface area contributed by atoms with Crippen molar-refractivity contribution in [2.45, 2.75) is 83.5 Å². The van der Waals surface area contributed by atoms with Crippen LogP contribution in [0.1, 0.15) is 82.6 Å². The van der Waals surface area contributed by atoms with Gasteiger partial charge >= 0.3 is 0 Å². The zero-order valence-electron chi connectivity index (χ0n) is 17.3. The topological polar surface area (TPSA) is 40.5 Å². The third-order valence-corrected chi connectivity index (χ3v) is 5.45. The number of rotatable bonds is 13. The van der Waals surface area contributed by atoms with Crippen LogP contribution < -0.4 is 0 Å². The molecule has 0 radical (unpaired) electrons. The summed E-state index contributed by atoms with van der Waals surface area (Å²) in [5, 5.41) is 18.9. The number of phenols is 1. The van der Waals surface area contributed by atoms with Crippen molar-refractivity contribution in [1.82, 2.24) is 0 Å². The highest BCUT2D eigenvalue weighted by molar-refractivity contribution is 5.31. The first-order chi connectivity index (χ1) is 14.1. The van der Waals surface area contributed by atoms with Gasteiger partial charge in [0.15, 0.2) is 23.2 Å². The van der Waals surface area contributed by atoms with Gasteiger partial charge in [0.05, 0.1) is 0 Å². The second kappa shape index (κ2) is 13.2. The number of aromatic hydroxyl groups is 1. The summed E-state index contributed by atoms with van der Waals surface area (Å²) in [6.07, 6.45) is 19.2. The SMILES string of the molecule is OC1=C(F)C=CCC(CCCCCCCCCCCCc2ccc(F)c(O)c2)=C1. The van der Waals surface area contributed by atoms with Gasteiger partial charge in [-0.2, -0.15) is 0 Å². The van der Waals surface area contributed by atoms with Crippen LogP contribution in [0.25, 0.3) is 0 Å². The lowest BCUT2D eigenvalue weighted by atomic mass is 10.0. The maximum atomic E-state index is 13.3. The first-order valence-electron chi connectivity index (χ1n) is 11.0. The Morgan fingerprint density at radius 1 is 0.759 bits per heavy atom. The molecule has 0 heterocycles. The molecule has 0 amide bonds. The molecule has 160 valence electrons. The van der Waals surface area contributed by atoms with Crippen molar-refractivity contribution in [3.63, 3.8) is 0 Å². The molecule has 0 saturated carbocycles. The predicted molar refractivity (Wildman–Crippen MR) is 115 cm³/mol. The van der Waals surface area contributed by atoms with Crippen molar-refractivity contribution in [2.24, 2.45) is 0 Å². The number of hydrogen-bond acceptors (Lipinski definition) is 2. The Morgan fingerprint density at radius 3 is 1.97 bits per heavy atom. The Balaban J connectivity index is 1.40. The fourth-order valence-electron chi connectivity index (χ4n) is 3.70. The molecule has 1 aromatic carbocycles. The van der Waals surface area contributed by atoms with Gasteiger partial charge in [0.25, 0.3) is 0 Å². The lowest BCUT2D eigenvalue weighted by molar-refractivity contribution is 0.405. The molecule has 1 aromatic rings. The van der Waals surface area contributed by atoms with Gasteiger partial charge in [-0.15, -0.1) is 0 Å². The van der Waals surface area contributed by atoms with E-state index in [1.54, 1.807) is 18.2 Å². The fourth-order valence-corrected chi connectivity index (χ4v) is 3.70. The van der Waals surface area contributed by atoms with E-state index in [-0.39, 0.29) is 11.5 Å². The van der Waals surface area contributed by atoms with Crippen molar-refractivity contribution in [3.05, 3.63) is 65.0 Å². The maximum Gasteiger partial charge on any atom is 0.164 e. The van der Waals surface area contributed by atoms with Gasteiger partial charge in [0, 0.05) is 0 Å². The zero-order chi connectivity index (χ0) is 20.9. The number of allylic oxidation sites excluding steroid dienone is 5. The Hall–Kier alpha value is -2.10. The second-order valence-electron chi connectivity index (χ2n) is 7.96. The lowest BCUT2D eigenvalue weighted by Crippen LogP contribution is -1.88. The van der Waals surface area contributed by atoms with Crippen molar-refractivity contribution in [1.29, 1.82) is 0 Å². The van der Waals surface area contributed by atoms with E-state index in [0.29, 0.717) is 0 Å². The molecule has 0 aromatic heterocycles. The van der Waals surface area contributed by atoms with E-state index >= 15 is 0 Å². The zero-order valence-corrected chi connectivity index (χ0v) is 17.3. The normalized spacial score (nSPS) is 14.2. The molecule has 1 aliphatic carbocycles. The Kier molecular flexibility index (Phi) is 10.5. The molecule has 0 saturated heterocycles. The molecule has 29 heavy (non-hydrogen) atoms. The minimum atomic E-state index is -0.556. The predicted octanol–water partition coefficient (Wildman–Crippen LogP) is 7.99. The van der Waals surface area contributed by atoms with Crippen LogP contribution in [0.4, 0.5) is 8.78 Å². The third kappa shape index (κ3) is 9.29. The molecule has 0 aliphatic heterocycles. The quantitative estimate of drug-likeness (QED) is 0.327. The van der Waals surface area contributed by atoms with E-state index in [4.69, 9.17) is 0 Å². The van der Waals surface area contributed by atoms with E-state index in [2.05, 4.69) is 0 Å². The van der Waals surface area contributed by atoms with Crippen molar-refractivity contribution < 1.29 is 19.0 Å². The number of aliphatic hydroxyl groups excluding tert-OH is 1. The Bertz CT molecular complexity index is 720. The average Bonchev–Trinajstić information content (AvgIpc) is 2.86. The van der Waals surface area contributed by atoms with Crippen molar-refractivity contribution in [2.75, 3.05) is 0 Å². The first kappa shape index (κ1) is 23.2. The van der Waals surface area contributed by atoms with Crippen LogP contribution in [-0.2, 0) is 6.42 Å². The standard InChI is InChI=1S/C25H34F2O2/c26-22-15-11-14-20(18-24(22)28)12-9-7-5-3-1-2-4-6-8-10-13-21-16-17-23(27)25(29)19-21/h11,15-19,28-29H,1-10,12-14H2. The van der Waals surface area contributed by atoms with Crippen molar-refractivity contribution in [3.8, 4) is 5.75 Å². The summed E-state index contributed by atoms with van der Waals surface area (Å²) in [6.45, 7) is 0. The Morgan fingerprint density at radius 2 is 1.34 bits per heavy atom. The van der Waals surface area contributed by atoms with Crippen LogP contribution in [-0.4, -0.2) is 10.2 Å². The van der Waals surface area contributed by atoms with Crippen LogP contribution in [0.2, 0.25) is 0 Å². The minimum absolute atomic E-state index is 0.246. The molecular formula is C25H34F2O2. The van der Waals surface area contributed by atoms with Crippen LogP contribution >= 0.6 is 0 Å². The van der Waals surface area contributed by atoms with Crippen LogP contribution in [0.3, 0.4) is 0 Å². The number of benzene rings is 1. The van der Waals surface area contributed by atoms with Crippen molar-refractivity contribution >= 4 is 0 Å². The summed E-state index contributed by atoms with van der Waals surface area (Å²) < 4.78 is 26.3. The summed E-state index contributed by atoms with van der Waals surface area (Å²) >= 11 is 0. The van der Waals surface area contributed by atoms with Gasteiger partial charge in [-0.05, 0) is 62.0 Å². The van der Waals surface area contributed by atoms with Crippen LogP contribution in [0, 0.1) is 5.82 Å². The summed E-state index contributed by atoms with van der Waals surface area (Å²) in [7, 11) is 0. The molecule has 0 spiro atoms. The highest BCUT2D eigenvalue weighted by Crippen LogP contribution is 2.22. The van der Waals surface area contributed by atoms with Gasteiger partial charge < -0.3 is 10.2 Å². The highest BCUT2D eigenvalue weighted by Gasteiger charge is 2.06. The minimum Gasteiger partial charge on any atom is -0.505 e. The smallest absolute Gasteiger partial charge is 0.164 e. The molecule has 0 fully saturated rings. The van der Waals surface area contributed by atoms with Gasteiger partial charge in [0.2, 0.25) is 0 Å². The van der Waals surface area contributed by atoms with E-state index < -0.39 is 11.6 Å². The summed E-state index contributed by atoms with van der Waals surface area (Å²) in [5.41, 5.74) is 2.10. The maximum absolute atomic E-state index is 13.3. The fraction of sp³-hybridized carbons (Fsp3) is 0.520. The lowest BCUT2D eigenvalue weighted by Gasteiger charge is -2.05. The Labute approximate surface area is 173 Å². The number of halogens is 2. The number of aliphatic hydroxyl groups is 1. The van der Waals surface area contributed by atoms with Gasteiger partial charge in [-0.3, -0.25) is 0 Å². The van der Waals surface area contributed by atoms with Crippen LogP contribution in [0.15, 0.2) is 53.6 Å². The monoisotopic (exact) mass is 404 g/mol. The second-order valence-corrected chi connectivity index (χ2v) is 7.96. The van der Waals surface area contributed by atoms with Gasteiger partial charge in [-0.1, -0.05) is 69.1 Å². The van der Waals surface area contributed by atoms with E-state index in [9.17, 15) is 19.0 Å². The average molecular weight is 405 g/mol. The molecule has 0 bridgehead atoms. The molecule has 0 unspecified atom stereocenters. The molecule has 2 nitrogen and oxygen atoms in total. The summed E-state index contributed by atoms with van der Waals surface area (Å²) in [6, 6.07) is 4.60.